The van der Waals surface area contributed by atoms with Gasteiger partial charge in [-0.05, 0) is 22.9 Å². The highest BCUT2D eigenvalue weighted by Crippen LogP contribution is 2.17. The van der Waals surface area contributed by atoms with Crippen molar-refractivity contribution in [2.24, 2.45) is 7.05 Å². The summed E-state index contributed by atoms with van der Waals surface area (Å²) in [5, 5.41) is 6.35. The van der Waals surface area contributed by atoms with Crippen molar-refractivity contribution in [3.8, 4) is 0 Å². The molecule has 0 aliphatic heterocycles. The molecule has 21 heavy (non-hydrogen) atoms. The third-order valence-electron chi connectivity index (χ3n) is 3.52. The molecule has 0 fully saturated rings. The Morgan fingerprint density at radius 1 is 1.19 bits per heavy atom. The summed E-state index contributed by atoms with van der Waals surface area (Å²) in [5.41, 5.74) is 1.73. The summed E-state index contributed by atoms with van der Waals surface area (Å²) in [7, 11) is 3.68. The minimum absolute atomic E-state index is 0.0182. The fraction of sp³-hybridized carbons (Fsp3) is 0.176. The number of aryl methyl sites for hydroxylation is 1. The van der Waals surface area contributed by atoms with E-state index in [-0.39, 0.29) is 5.91 Å². The first-order valence-electron chi connectivity index (χ1n) is 6.85. The van der Waals surface area contributed by atoms with Crippen LogP contribution in [-0.4, -0.2) is 27.6 Å². The lowest BCUT2D eigenvalue weighted by Gasteiger charge is -2.16. The third kappa shape index (κ3) is 2.79. The molecule has 2 aromatic carbocycles. The summed E-state index contributed by atoms with van der Waals surface area (Å²) in [4.78, 5) is 14.2. The van der Waals surface area contributed by atoms with Crippen LogP contribution >= 0.6 is 0 Å². The number of hydrogen-bond acceptors (Lipinski definition) is 2. The zero-order chi connectivity index (χ0) is 14.8. The van der Waals surface area contributed by atoms with Gasteiger partial charge in [-0.1, -0.05) is 30.3 Å². The van der Waals surface area contributed by atoms with Gasteiger partial charge in [0, 0.05) is 38.0 Å². The van der Waals surface area contributed by atoms with E-state index in [4.69, 9.17) is 0 Å². The van der Waals surface area contributed by atoms with Crippen LogP contribution in [0, 0.1) is 0 Å². The maximum absolute atomic E-state index is 12.5. The molecule has 1 aromatic heterocycles. The van der Waals surface area contributed by atoms with Crippen molar-refractivity contribution in [3.05, 3.63) is 66.0 Å². The number of carbonyl (C=O) groups is 1. The van der Waals surface area contributed by atoms with Gasteiger partial charge in [-0.15, -0.1) is 0 Å². The average Bonchev–Trinajstić information content (AvgIpc) is 2.91. The van der Waals surface area contributed by atoms with E-state index >= 15 is 0 Å². The molecule has 0 radical (unpaired) electrons. The number of carbonyl (C=O) groups excluding carboxylic acids is 1. The first kappa shape index (κ1) is 13.4. The molecule has 0 unspecified atom stereocenters. The highest BCUT2D eigenvalue weighted by atomic mass is 16.2. The Labute approximate surface area is 123 Å². The van der Waals surface area contributed by atoms with Crippen LogP contribution in [0.4, 0.5) is 0 Å². The standard InChI is InChI=1S/C17H17N3O/c1-19(11-13-10-18-20(2)12-13)17(21)16-8-7-14-5-3-4-6-15(14)9-16/h3-10,12H,11H2,1-2H3. The Morgan fingerprint density at radius 3 is 2.67 bits per heavy atom. The molecule has 106 valence electrons. The van der Waals surface area contributed by atoms with E-state index in [1.807, 2.05) is 62.8 Å². The molecule has 0 bridgehead atoms. The van der Waals surface area contributed by atoms with Crippen LogP contribution in [-0.2, 0) is 13.6 Å². The zero-order valence-electron chi connectivity index (χ0n) is 12.2. The minimum Gasteiger partial charge on any atom is -0.337 e. The van der Waals surface area contributed by atoms with Gasteiger partial charge in [0.15, 0.2) is 0 Å². The SMILES string of the molecule is CN(Cc1cnn(C)c1)C(=O)c1ccc2ccccc2c1. The Balaban J connectivity index is 1.82. The van der Waals surface area contributed by atoms with E-state index in [1.165, 1.54) is 0 Å². The van der Waals surface area contributed by atoms with Crippen molar-refractivity contribution in [1.29, 1.82) is 0 Å². The van der Waals surface area contributed by atoms with Gasteiger partial charge in [0.1, 0.15) is 0 Å². The van der Waals surface area contributed by atoms with Crippen molar-refractivity contribution in [1.82, 2.24) is 14.7 Å². The zero-order valence-corrected chi connectivity index (χ0v) is 12.2. The molecule has 0 N–H and O–H groups in total. The smallest absolute Gasteiger partial charge is 0.253 e. The fourth-order valence-electron chi connectivity index (χ4n) is 2.44. The molecule has 4 nitrogen and oxygen atoms in total. The lowest BCUT2D eigenvalue weighted by Crippen LogP contribution is -2.25. The van der Waals surface area contributed by atoms with E-state index in [2.05, 4.69) is 5.10 Å². The van der Waals surface area contributed by atoms with Crippen molar-refractivity contribution >= 4 is 16.7 Å². The molecule has 0 aliphatic rings. The van der Waals surface area contributed by atoms with Gasteiger partial charge in [0.25, 0.3) is 5.91 Å². The molecule has 1 amide bonds. The maximum atomic E-state index is 12.5. The summed E-state index contributed by atoms with van der Waals surface area (Å²) in [5.74, 6) is 0.0182. The normalized spacial score (nSPS) is 10.8. The number of rotatable bonds is 3. The summed E-state index contributed by atoms with van der Waals surface area (Å²) >= 11 is 0. The molecule has 0 aliphatic carbocycles. The second-order valence-electron chi connectivity index (χ2n) is 5.25. The topological polar surface area (TPSA) is 38.1 Å². The largest absolute Gasteiger partial charge is 0.337 e. The fourth-order valence-corrected chi connectivity index (χ4v) is 2.44. The molecule has 3 rings (SSSR count). The number of hydrogen-bond donors (Lipinski definition) is 0. The number of aromatic nitrogens is 2. The molecule has 3 aromatic rings. The molecular formula is C17H17N3O. The Hall–Kier alpha value is -2.62. The number of benzene rings is 2. The minimum atomic E-state index is 0.0182. The first-order chi connectivity index (χ1) is 10.1. The number of fused-ring (bicyclic) bond motifs is 1. The van der Waals surface area contributed by atoms with Crippen molar-refractivity contribution in [3.63, 3.8) is 0 Å². The van der Waals surface area contributed by atoms with E-state index in [0.717, 1.165) is 16.3 Å². The van der Waals surface area contributed by atoms with Gasteiger partial charge in [0.05, 0.1) is 6.20 Å². The lowest BCUT2D eigenvalue weighted by atomic mass is 10.1. The molecule has 0 saturated heterocycles. The summed E-state index contributed by atoms with van der Waals surface area (Å²) in [6, 6.07) is 13.9. The predicted octanol–water partition coefficient (Wildman–Crippen LogP) is 2.85. The van der Waals surface area contributed by atoms with Gasteiger partial charge >= 0.3 is 0 Å². The summed E-state index contributed by atoms with van der Waals surface area (Å²) in [6.45, 7) is 0.555. The monoisotopic (exact) mass is 279 g/mol. The average molecular weight is 279 g/mol. The predicted molar refractivity (Wildman–Crippen MR) is 83.0 cm³/mol. The van der Waals surface area contributed by atoms with Gasteiger partial charge < -0.3 is 4.90 Å². The van der Waals surface area contributed by atoms with Crippen LogP contribution < -0.4 is 0 Å². The lowest BCUT2D eigenvalue weighted by molar-refractivity contribution is 0.0785. The van der Waals surface area contributed by atoms with Crippen molar-refractivity contribution < 1.29 is 4.79 Å². The Kier molecular flexibility index (Phi) is 3.44. The maximum Gasteiger partial charge on any atom is 0.253 e. The van der Waals surface area contributed by atoms with E-state index in [1.54, 1.807) is 15.8 Å². The Bertz CT molecular complexity index is 791. The van der Waals surface area contributed by atoms with Gasteiger partial charge in [-0.2, -0.15) is 5.10 Å². The van der Waals surface area contributed by atoms with E-state index in [9.17, 15) is 4.79 Å². The summed E-state index contributed by atoms with van der Waals surface area (Å²) < 4.78 is 1.74. The van der Waals surface area contributed by atoms with Crippen LogP contribution in [0.15, 0.2) is 54.9 Å². The molecule has 4 heteroatoms. The van der Waals surface area contributed by atoms with Gasteiger partial charge in [0.2, 0.25) is 0 Å². The molecule has 1 heterocycles. The van der Waals surface area contributed by atoms with Crippen molar-refractivity contribution in [2.45, 2.75) is 6.54 Å². The van der Waals surface area contributed by atoms with Gasteiger partial charge in [-0.25, -0.2) is 0 Å². The highest BCUT2D eigenvalue weighted by Gasteiger charge is 2.13. The van der Waals surface area contributed by atoms with Crippen LogP contribution in [0.1, 0.15) is 15.9 Å². The molecule has 0 saturated carbocycles. The highest BCUT2D eigenvalue weighted by molar-refractivity contribution is 5.98. The van der Waals surface area contributed by atoms with Crippen LogP contribution in [0.25, 0.3) is 10.8 Å². The Morgan fingerprint density at radius 2 is 1.95 bits per heavy atom. The number of nitrogens with zero attached hydrogens (tertiary/aromatic N) is 3. The molecule has 0 atom stereocenters. The first-order valence-corrected chi connectivity index (χ1v) is 6.85. The quantitative estimate of drug-likeness (QED) is 0.739. The van der Waals surface area contributed by atoms with E-state index < -0.39 is 0 Å². The third-order valence-corrected chi connectivity index (χ3v) is 3.52. The molecular weight excluding hydrogens is 262 g/mol. The van der Waals surface area contributed by atoms with Crippen LogP contribution in [0.3, 0.4) is 0 Å². The second-order valence-corrected chi connectivity index (χ2v) is 5.25. The second kappa shape index (κ2) is 5.40. The van der Waals surface area contributed by atoms with Crippen LogP contribution in [0.5, 0.6) is 0 Å². The van der Waals surface area contributed by atoms with Crippen LogP contribution in [0.2, 0.25) is 0 Å². The number of amides is 1. The van der Waals surface area contributed by atoms with Gasteiger partial charge in [-0.3, -0.25) is 9.48 Å². The van der Waals surface area contributed by atoms with E-state index in [0.29, 0.717) is 12.1 Å². The molecule has 0 spiro atoms. The summed E-state index contributed by atoms with van der Waals surface area (Å²) in [6.07, 6.45) is 3.70. The van der Waals surface area contributed by atoms with Crippen molar-refractivity contribution in [2.75, 3.05) is 7.05 Å².